The summed E-state index contributed by atoms with van der Waals surface area (Å²) in [6.07, 6.45) is 4.42. The van der Waals surface area contributed by atoms with Gasteiger partial charge in [0.25, 0.3) is 0 Å². The first-order valence-corrected chi connectivity index (χ1v) is 7.02. The van der Waals surface area contributed by atoms with Gasteiger partial charge >= 0.3 is 12.0 Å². The fraction of sp³-hybridized carbons (Fsp3) is 0.846. The second-order valence-corrected chi connectivity index (χ2v) is 5.16. The smallest absolute Gasteiger partial charge is 0.326 e. The molecule has 1 unspecified atom stereocenters. The van der Waals surface area contributed by atoms with Crippen LogP contribution in [0, 0.1) is 0 Å². The molecule has 1 aliphatic rings. The van der Waals surface area contributed by atoms with Crippen LogP contribution in [0.15, 0.2) is 0 Å². The van der Waals surface area contributed by atoms with Crippen molar-refractivity contribution in [2.75, 3.05) is 20.1 Å². The van der Waals surface area contributed by atoms with E-state index >= 15 is 0 Å². The normalized spacial score (nSPS) is 21.1. The predicted molar refractivity (Wildman–Crippen MR) is 73.1 cm³/mol. The molecule has 0 aromatic carbocycles. The summed E-state index contributed by atoms with van der Waals surface area (Å²) in [5.74, 6) is -0.971. The Kier molecular flexibility index (Phi) is 6.62. The van der Waals surface area contributed by atoms with E-state index in [2.05, 4.69) is 15.5 Å². The molecule has 2 amide bonds. The third-order valence-electron chi connectivity index (χ3n) is 3.62. The topological polar surface area (TPSA) is 81.7 Å². The summed E-state index contributed by atoms with van der Waals surface area (Å²) in [6.45, 7) is 3.62. The average molecular weight is 271 g/mol. The molecule has 1 fully saturated rings. The molecule has 0 spiro atoms. The van der Waals surface area contributed by atoms with Crippen molar-refractivity contribution in [3.8, 4) is 0 Å². The molecular formula is C13H25N3O3. The zero-order valence-electron chi connectivity index (χ0n) is 11.8. The molecule has 2 atom stereocenters. The third-order valence-corrected chi connectivity index (χ3v) is 3.62. The number of likely N-dealkylation sites (tertiary alicyclic amines) is 1. The minimum atomic E-state index is -0.971. The van der Waals surface area contributed by atoms with Crippen LogP contribution in [0.3, 0.4) is 0 Å². The van der Waals surface area contributed by atoms with Gasteiger partial charge in [0.15, 0.2) is 0 Å². The van der Waals surface area contributed by atoms with Crippen molar-refractivity contribution in [3.63, 3.8) is 0 Å². The highest BCUT2D eigenvalue weighted by molar-refractivity contribution is 5.82. The van der Waals surface area contributed by atoms with Gasteiger partial charge < -0.3 is 20.6 Å². The molecule has 0 aromatic rings. The van der Waals surface area contributed by atoms with E-state index < -0.39 is 12.0 Å². The van der Waals surface area contributed by atoms with Gasteiger partial charge in [-0.2, -0.15) is 0 Å². The van der Waals surface area contributed by atoms with Gasteiger partial charge in [-0.15, -0.1) is 0 Å². The van der Waals surface area contributed by atoms with Crippen LogP contribution in [0.4, 0.5) is 4.79 Å². The molecule has 1 aliphatic heterocycles. The van der Waals surface area contributed by atoms with E-state index in [1.165, 1.54) is 0 Å². The molecule has 0 bridgehead atoms. The maximum Gasteiger partial charge on any atom is 0.326 e. The lowest BCUT2D eigenvalue weighted by Crippen LogP contribution is -2.48. The molecule has 1 rings (SSSR count). The van der Waals surface area contributed by atoms with Crippen LogP contribution in [0.1, 0.15) is 39.0 Å². The van der Waals surface area contributed by atoms with Gasteiger partial charge in [-0.25, -0.2) is 9.59 Å². The van der Waals surface area contributed by atoms with Crippen LogP contribution in [-0.4, -0.2) is 54.2 Å². The lowest BCUT2D eigenvalue weighted by atomic mass is 10.1. The van der Waals surface area contributed by atoms with Crippen molar-refractivity contribution in [1.82, 2.24) is 15.5 Å². The number of carbonyl (C=O) groups excluding carboxylic acids is 1. The van der Waals surface area contributed by atoms with Crippen LogP contribution >= 0.6 is 0 Å². The summed E-state index contributed by atoms with van der Waals surface area (Å²) < 4.78 is 0. The van der Waals surface area contributed by atoms with Gasteiger partial charge in [-0.3, -0.25) is 0 Å². The molecule has 0 radical (unpaired) electrons. The minimum absolute atomic E-state index is 0.365. The second-order valence-electron chi connectivity index (χ2n) is 5.16. The van der Waals surface area contributed by atoms with Crippen LogP contribution in [-0.2, 0) is 4.79 Å². The van der Waals surface area contributed by atoms with Crippen LogP contribution in [0.5, 0.6) is 0 Å². The largest absolute Gasteiger partial charge is 0.480 e. The Morgan fingerprint density at radius 2 is 2.21 bits per heavy atom. The van der Waals surface area contributed by atoms with Crippen LogP contribution in [0.25, 0.3) is 0 Å². The second kappa shape index (κ2) is 7.99. The predicted octanol–water partition coefficient (Wildman–Crippen LogP) is 1.02. The molecule has 0 saturated carbocycles. The van der Waals surface area contributed by atoms with E-state index in [9.17, 15) is 9.59 Å². The zero-order chi connectivity index (χ0) is 14.3. The number of unbranched alkanes of at least 4 members (excludes halogenated alkanes) is 1. The number of hydrogen-bond acceptors (Lipinski definition) is 3. The first-order chi connectivity index (χ1) is 9.04. The highest BCUT2D eigenvalue weighted by Gasteiger charge is 2.23. The summed E-state index contributed by atoms with van der Waals surface area (Å²) in [6, 6.07) is -0.810. The van der Waals surface area contributed by atoms with Crippen LogP contribution in [0.2, 0.25) is 0 Å². The number of nitrogens with one attached hydrogen (secondary N) is 2. The SMILES string of the molecule is CCCC[C@H](NC(=O)NCC1CCCN1C)C(=O)O. The van der Waals surface area contributed by atoms with Crippen molar-refractivity contribution >= 4 is 12.0 Å². The van der Waals surface area contributed by atoms with Gasteiger partial charge in [0.2, 0.25) is 0 Å². The molecule has 1 heterocycles. The highest BCUT2D eigenvalue weighted by atomic mass is 16.4. The van der Waals surface area contributed by atoms with Gasteiger partial charge in [-0.05, 0) is 32.9 Å². The minimum Gasteiger partial charge on any atom is -0.480 e. The standard InChI is InChI=1S/C13H25N3O3/c1-3-4-7-11(12(17)18)15-13(19)14-9-10-6-5-8-16(10)2/h10-11H,3-9H2,1-2H3,(H,17,18)(H2,14,15,19)/t10?,11-/m0/s1. The zero-order valence-corrected chi connectivity index (χ0v) is 11.8. The van der Waals surface area contributed by atoms with Crippen molar-refractivity contribution < 1.29 is 14.7 Å². The number of nitrogens with zero attached hydrogens (tertiary/aromatic N) is 1. The number of rotatable bonds is 7. The average Bonchev–Trinajstić information content (AvgIpc) is 2.77. The Bertz CT molecular complexity index is 310. The maximum atomic E-state index is 11.7. The molecule has 1 saturated heterocycles. The number of amides is 2. The fourth-order valence-corrected chi connectivity index (χ4v) is 2.32. The van der Waals surface area contributed by atoms with E-state index in [0.717, 1.165) is 32.2 Å². The number of aliphatic carboxylic acids is 1. The van der Waals surface area contributed by atoms with Crippen LogP contribution < -0.4 is 10.6 Å². The van der Waals surface area contributed by atoms with Crippen molar-refractivity contribution in [3.05, 3.63) is 0 Å². The quantitative estimate of drug-likeness (QED) is 0.646. The van der Waals surface area contributed by atoms with E-state index in [0.29, 0.717) is 19.0 Å². The Morgan fingerprint density at radius 1 is 1.47 bits per heavy atom. The Labute approximate surface area is 114 Å². The number of likely N-dealkylation sites (N-methyl/N-ethyl adjacent to an activating group) is 1. The summed E-state index contributed by atoms with van der Waals surface area (Å²) >= 11 is 0. The maximum absolute atomic E-state index is 11.7. The number of hydrogen-bond donors (Lipinski definition) is 3. The molecule has 6 heteroatoms. The van der Waals surface area contributed by atoms with Gasteiger partial charge in [0.1, 0.15) is 6.04 Å². The molecule has 3 N–H and O–H groups in total. The number of carboxylic acid groups (broad SMARTS) is 1. The van der Waals surface area contributed by atoms with Gasteiger partial charge in [0.05, 0.1) is 0 Å². The highest BCUT2D eigenvalue weighted by Crippen LogP contribution is 2.13. The molecular weight excluding hydrogens is 246 g/mol. The molecule has 6 nitrogen and oxygen atoms in total. The third kappa shape index (κ3) is 5.46. The molecule has 0 aromatic heterocycles. The van der Waals surface area contributed by atoms with E-state index in [-0.39, 0.29) is 6.03 Å². The first kappa shape index (κ1) is 15.8. The first-order valence-electron chi connectivity index (χ1n) is 7.02. The summed E-state index contributed by atoms with van der Waals surface area (Å²) in [4.78, 5) is 24.9. The lowest BCUT2D eigenvalue weighted by molar-refractivity contribution is -0.139. The number of carbonyl (C=O) groups is 2. The number of urea groups is 1. The van der Waals surface area contributed by atoms with E-state index in [4.69, 9.17) is 5.11 Å². The summed E-state index contributed by atoms with van der Waals surface area (Å²) in [7, 11) is 2.04. The summed E-state index contributed by atoms with van der Waals surface area (Å²) in [5.41, 5.74) is 0. The Hall–Kier alpha value is -1.30. The molecule has 0 aliphatic carbocycles. The van der Waals surface area contributed by atoms with Crippen molar-refractivity contribution in [2.45, 2.75) is 51.1 Å². The van der Waals surface area contributed by atoms with Crippen molar-refractivity contribution in [2.24, 2.45) is 0 Å². The fourth-order valence-electron chi connectivity index (χ4n) is 2.32. The molecule has 110 valence electrons. The van der Waals surface area contributed by atoms with Gasteiger partial charge in [-0.1, -0.05) is 19.8 Å². The monoisotopic (exact) mass is 271 g/mol. The van der Waals surface area contributed by atoms with E-state index in [1.807, 2.05) is 14.0 Å². The number of carboxylic acids is 1. The van der Waals surface area contributed by atoms with Crippen molar-refractivity contribution in [1.29, 1.82) is 0 Å². The lowest BCUT2D eigenvalue weighted by Gasteiger charge is -2.21. The van der Waals surface area contributed by atoms with Gasteiger partial charge in [0, 0.05) is 12.6 Å². The molecule has 19 heavy (non-hydrogen) atoms. The summed E-state index contributed by atoms with van der Waals surface area (Å²) in [5, 5.41) is 14.3. The van der Waals surface area contributed by atoms with E-state index in [1.54, 1.807) is 0 Å². The Morgan fingerprint density at radius 3 is 2.74 bits per heavy atom. The Balaban J connectivity index is 2.29.